The van der Waals surface area contributed by atoms with Gasteiger partial charge in [0.2, 0.25) is 0 Å². The smallest absolute Gasteiger partial charge is 0.124 e. The molecule has 1 fully saturated rings. The zero-order valence-electron chi connectivity index (χ0n) is 13.4. The van der Waals surface area contributed by atoms with Crippen molar-refractivity contribution < 1.29 is 4.74 Å². The van der Waals surface area contributed by atoms with Crippen molar-refractivity contribution in [3.8, 4) is 5.75 Å². The fourth-order valence-electron chi connectivity index (χ4n) is 3.76. The monoisotopic (exact) mass is 294 g/mol. The number of methoxy groups -OCH3 is 1. The van der Waals surface area contributed by atoms with Gasteiger partial charge in [0.15, 0.2) is 0 Å². The standard InChI is InChI=1S/C18H27ClO/c1-12-10-14(11-13(2)17(12)20-5)16(19)15-8-6-7-9-18(15,3)4/h10-11,15-16H,6-9H2,1-5H3. The van der Waals surface area contributed by atoms with Gasteiger partial charge in [0.05, 0.1) is 12.5 Å². The highest BCUT2D eigenvalue weighted by molar-refractivity contribution is 6.21. The molecule has 2 heteroatoms. The molecule has 0 spiro atoms. The maximum atomic E-state index is 6.87. The summed E-state index contributed by atoms with van der Waals surface area (Å²) in [6.07, 6.45) is 5.18. The van der Waals surface area contributed by atoms with Crippen molar-refractivity contribution in [3.05, 3.63) is 28.8 Å². The number of ether oxygens (including phenoxy) is 1. The molecule has 1 saturated carbocycles. The van der Waals surface area contributed by atoms with Crippen LogP contribution in [-0.2, 0) is 0 Å². The van der Waals surface area contributed by atoms with Crippen LogP contribution in [0.2, 0.25) is 0 Å². The first-order valence-corrected chi connectivity index (χ1v) is 8.09. The molecule has 0 heterocycles. The van der Waals surface area contributed by atoms with E-state index in [2.05, 4.69) is 39.8 Å². The first kappa shape index (κ1) is 15.7. The molecule has 1 aliphatic rings. The van der Waals surface area contributed by atoms with Gasteiger partial charge in [-0.3, -0.25) is 0 Å². The number of hydrogen-bond acceptors (Lipinski definition) is 1. The van der Waals surface area contributed by atoms with Crippen LogP contribution in [0.25, 0.3) is 0 Å². The van der Waals surface area contributed by atoms with Gasteiger partial charge >= 0.3 is 0 Å². The molecule has 2 unspecified atom stereocenters. The number of hydrogen-bond donors (Lipinski definition) is 0. The highest BCUT2D eigenvalue weighted by Crippen LogP contribution is 2.49. The van der Waals surface area contributed by atoms with Gasteiger partial charge in [0.1, 0.15) is 5.75 Å². The van der Waals surface area contributed by atoms with E-state index in [1.807, 2.05) is 0 Å². The summed E-state index contributed by atoms with van der Waals surface area (Å²) in [6.45, 7) is 8.95. The second-order valence-corrected chi connectivity index (χ2v) is 7.40. The van der Waals surface area contributed by atoms with Crippen molar-refractivity contribution >= 4 is 11.6 Å². The minimum Gasteiger partial charge on any atom is -0.496 e. The highest BCUT2D eigenvalue weighted by atomic mass is 35.5. The summed E-state index contributed by atoms with van der Waals surface area (Å²) in [4.78, 5) is 0. The van der Waals surface area contributed by atoms with E-state index in [1.165, 1.54) is 42.4 Å². The predicted molar refractivity (Wildman–Crippen MR) is 86.8 cm³/mol. The average Bonchev–Trinajstić information content (AvgIpc) is 2.37. The molecule has 2 rings (SSSR count). The molecular weight excluding hydrogens is 268 g/mol. The normalized spacial score (nSPS) is 23.4. The van der Waals surface area contributed by atoms with Gasteiger partial charge < -0.3 is 4.74 Å². The van der Waals surface area contributed by atoms with Gasteiger partial charge in [-0.05, 0) is 54.7 Å². The van der Waals surface area contributed by atoms with Crippen molar-refractivity contribution in [1.82, 2.24) is 0 Å². The van der Waals surface area contributed by atoms with Crippen LogP contribution in [0.5, 0.6) is 5.75 Å². The molecule has 112 valence electrons. The van der Waals surface area contributed by atoms with E-state index < -0.39 is 0 Å². The van der Waals surface area contributed by atoms with E-state index in [4.69, 9.17) is 16.3 Å². The van der Waals surface area contributed by atoms with E-state index in [9.17, 15) is 0 Å². The van der Waals surface area contributed by atoms with Gasteiger partial charge in [-0.25, -0.2) is 0 Å². The Balaban J connectivity index is 2.31. The van der Waals surface area contributed by atoms with Gasteiger partial charge in [-0.1, -0.05) is 38.8 Å². The lowest BCUT2D eigenvalue weighted by Gasteiger charge is -2.41. The van der Waals surface area contributed by atoms with Crippen molar-refractivity contribution in [2.45, 2.75) is 58.8 Å². The third-order valence-electron chi connectivity index (χ3n) is 4.95. The van der Waals surface area contributed by atoms with Crippen LogP contribution in [-0.4, -0.2) is 7.11 Å². The van der Waals surface area contributed by atoms with Crippen molar-refractivity contribution in [2.24, 2.45) is 11.3 Å². The van der Waals surface area contributed by atoms with Crippen LogP contribution in [0.4, 0.5) is 0 Å². The molecule has 0 aromatic heterocycles. The molecule has 20 heavy (non-hydrogen) atoms. The first-order valence-electron chi connectivity index (χ1n) is 7.66. The van der Waals surface area contributed by atoms with Crippen LogP contribution in [0.1, 0.15) is 61.6 Å². The van der Waals surface area contributed by atoms with E-state index in [-0.39, 0.29) is 5.38 Å². The maximum Gasteiger partial charge on any atom is 0.124 e. The molecule has 2 atom stereocenters. The van der Waals surface area contributed by atoms with Crippen molar-refractivity contribution in [2.75, 3.05) is 7.11 Å². The first-order chi connectivity index (χ1) is 9.36. The van der Waals surface area contributed by atoms with E-state index in [1.54, 1.807) is 7.11 Å². The fourth-order valence-corrected chi connectivity index (χ4v) is 4.35. The van der Waals surface area contributed by atoms with Crippen molar-refractivity contribution in [1.29, 1.82) is 0 Å². The fraction of sp³-hybridized carbons (Fsp3) is 0.667. The Morgan fingerprint density at radius 3 is 2.30 bits per heavy atom. The summed E-state index contributed by atoms with van der Waals surface area (Å²) < 4.78 is 5.45. The molecule has 1 aromatic rings. The van der Waals surface area contributed by atoms with E-state index in [0.29, 0.717) is 11.3 Å². The molecule has 1 nitrogen and oxygen atoms in total. The third-order valence-corrected chi connectivity index (χ3v) is 5.50. The summed E-state index contributed by atoms with van der Waals surface area (Å²) in [5.41, 5.74) is 3.96. The minimum absolute atomic E-state index is 0.105. The quantitative estimate of drug-likeness (QED) is 0.639. The van der Waals surface area contributed by atoms with Crippen LogP contribution < -0.4 is 4.74 Å². The second-order valence-electron chi connectivity index (χ2n) is 6.93. The summed E-state index contributed by atoms with van der Waals surface area (Å²) >= 11 is 6.87. The molecule has 0 bridgehead atoms. The summed E-state index contributed by atoms with van der Waals surface area (Å²) in [6, 6.07) is 4.41. The molecule has 1 aromatic carbocycles. The number of benzene rings is 1. The molecule has 0 radical (unpaired) electrons. The lowest BCUT2D eigenvalue weighted by atomic mass is 9.66. The zero-order chi connectivity index (χ0) is 14.9. The minimum atomic E-state index is 0.105. The topological polar surface area (TPSA) is 9.23 Å². The number of rotatable bonds is 3. The van der Waals surface area contributed by atoms with Gasteiger partial charge in [-0.2, -0.15) is 0 Å². The number of aryl methyl sites for hydroxylation is 2. The zero-order valence-corrected chi connectivity index (χ0v) is 14.2. The summed E-state index contributed by atoms with van der Waals surface area (Å²) in [5, 5.41) is 0.105. The average molecular weight is 295 g/mol. The lowest BCUT2D eigenvalue weighted by Crippen LogP contribution is -2.30. The van der Waals surface area contributed by atoms with Gasteiger partial charge in [0.25, 0.3) is 0 Å². The van der Waals surface area contributed by atoms with Crippen LogP contribution >= 0.6 is 11.6 Å². The Hall–Kier alpha value is -0.690. The second kappa shape index (κ2) is 5.97. The molecule has 0 aliphatic heterocycles. The molecular formula is C18H27ClO. The highest BCUT2D eigenvalue weighted by Gasteiger charge is 2.37. The van der Waals surface area contributed by atoms with Crippen LogP contribution in [0.3, 0.4) is 0 Å². The third kappa shape index (κ3) is 2.98. The summed E-state index contributed by atoms with van der Waals surface area (Å²) in [5.74, 6) is 1.55. The Kier molecular flexibility index (Phi) is 4.69. The molecule has 0 N–H and O–H groups in total. The van der Waals surface area contributed by atoms with Gasteiger partial charge in [0, 0.05) is 0 Å². The lowest BCUT2D eigenvalue weighted by molar-refractivity contribution is 0.133. The summed E-state index contributed by atoms with van der Waals surface area (Å²) in [7, 11) is 1.73. The SMILES string of the molecule is COc1c(C)cc(C(Cl)C2CCCCC2(C)C)cc1C. The van der Waals surface area contributed by atoms with Gasteiger partial charge in [-0.15, -0.1) is 11.6 Å². The van der Waals surface area contributed by atoms with Crippen LogP contribution in [0.15, 0.2) is 12.1 Å². The molecule has 0 amide bonds. The molecule has 1 aliphatic carbocycles. The Labute approximate surface area is 128 Å². The van der Waals surface area contributed by atoms with Crippen LogP contribution in [0, 0.1) is 25.2 Å². The number of halogens is 1. The van der Waals surface area contributed by atoms with E-state index >= 15 is 0 Å². The largest absolute Gasteiger partial charge is 0.496 e. The Morgan fingerprint density at radius 1 is 1.20 bits per heavy atom. The molecule has 0 saturated heterocycles. The number of alkyl halides is 1. The Bertz CT molecular complexity index is 455. The van der Waals surface area contributed by atoms with Crippen molar-refractivity contribution in [3.63, 3.8) is 0 Å². The maximum absolute atomic E-state index is 6.87. The predicted octanol–water partition coefficient (Wildman–Crippen LogP) is 5.81. The Morgan fingerprint density at radius 2 is 1.80 bits per heavy atom. The van der Waals surface area contributed by atoms with E-state index in [0.717, 1.165) is 5.75 Å².